The molecule has 2 aliphatic rings. The number of carbonyl (C=O) groups excluding carboxylic acids is 1. The molecule has 2 amide bonds. The molecule has 8 heteroatoms. The zero-order valence-corrected chi connectivity index (χ0v) is 16.6. The Hall–Kier alpha value is -2.45. The summed E-state index contributed by atoms with van der Waals surface area (Å²) in [6, 6.07) is 9.15. The highest BCUT2D eigenvalue weighted by molar-refractivity contribution is 9.10. The van der Waals surface area contributed by atoms with Crippen LogP contribution in [0, 0.1) is 0 Å². The molecule has 0 aromatic heterocycles. The van der Waals surface area contributed by atoms with Crippen LogP contribution in [-0.2, 0) is 6.42 Å². The number of urea groups is 1. The van der Waals surface area contributed by atoms with E-state index in [2.05, 4.69) is 31.5 Å². The monoisotopic (exact) mass is 433 g/mol. The fraction of sp³-hybridized carbons (Fsp3) is 0.316. The molecule has 0 fully saturated rings. The van der Waals surface area contributed by atoms with Gasteiger partial charge in [-0.3, -0.25) is 4.90 Å². The van der Waals surface area contributed by atoms with E-state index in [1.165, 1.54) is 0 Å². The lowest BCUT2D eigenvalue weighted by molar-refractivity contribution is 0.169. The summed E-state index contributed by atoms with van der Waals surface area (Å²) in [5.74, 6) is 1.88. The van der Waals surface area contributed by atoms with E-state index in [1.54, 1.807) is 7.11 Å². The number of nitrogens with zero attached hydrogens (tertiary/aromatic N) is 1. The van der Waals surface area contributed by atoms with Gasteiger partial charge in [-0.1, -0.05) is 12.1 Å². The van der Waals surface area contributed by atoms with Crippen molar-refractivity contribution in [3.8, 4) is 17.2 Å². The minimum atomic E-state index is -0.347. The fourth-order valence-corrected chi connectivity index (χ4v) is 3.84. The Bertz CT molecular complexity index is 889. The molecule has 4 rings (SSSR count). The zero-order valence-electron chi connectivity index (χ0n) is 15.0. The smallest absolute Gasteiger partial charge is 0.320 e. The first kappa shape index (κ1) is 17.9. The molecule has 7 nitrogen and oxygen atoms in total. The molecule has 2 aromatic carbocycles. The number of hydrogen-bond acceptors (Lipinski definition) is 5. The molecule has 142 valence electrons. The van der Waals surface area contributed by atoms with Crippen LogP contribution in [0.15, 0.2) is 34.8 Å². The predicted molar refractivity (Wildman–Crippen MR) is 104 cm³/mol. The van der Waals surface area contributed by atoms with Crippen LogP contribution < -0.4 is 24.8 Å². The highest BCUT2D eigenvalue weighted by atomic mass is 79.9. The Morgan fingerprint density at radius 1 is 1.33 bits per heavy atom. The van der Waals surface area contributed by atoms with Crippen LogP contribution in [0.3, 0.4) is 0 Å². The molecule has 2 heterocycles. The van der Waals surface area contributed by atoms with Gasteiger partial charge in [0.05, 0.1) is 12.8 Å². The SMILES string of the molecule is COc1c2c(cc3c1C(NC(=O)Nc1ccccc1Br)N(C)CC3)OCO2. The van der Waals surface area contributed by atoms with Gasteiger partial charge in [-0.25, -0.2) is 4.79 Å². The maximum absolute atomic E-state index is 12.7. The van der Waals surface area contributed by atoms with Crippen molar-refractivity contribution in [1.82, 2.24) is 10.2 Å². The van der Waals surface area contributed by atoms with E-state index in [1.807, 2.05) is 37.4 Å². The third-order valence-corrected chi connectivity index (χ3v) is 5.48. The molecule has 2 aliphatic heterocycles. The summed E-state index contributed by atoms with van der Waals surface area (Å²) in [4.78, 5) is 14.7. The number of hydrogen-bond donors (Lipinski definition) is 2. The quantitative estimate of drug-likeness (QED) is 0.774. The molecular weight excluding hydrogens is 414 g/mol. The molecule has 2 N–H and O–H groups in total. The minimum absolute atomic E-state index is 0.172. The molecule has 1 atom stereocenters. The largest absolute Gasteiger partial charge is 0.492 e. The molecule has 2 aromatic rings. The van der Waals surface area contributed by atoms with E-state index >= 15 is 0 Å². The van der Waals surface area contributed by atoms with E-state index in [-0.39, 0.29) is 19.0 Å². The number of nitrogens with one attached hydrogen (secondary N) is 2. The minimum Gasteiger partial charge on any atom is -0.492 e. The van der Waals surface area contributed by atoms with Crippen molar-refractivity contribution in [2.24, 2.45) is 0 Å². The molecule has 0 spiro atoms. The van der Waals surface area contributed by atoms with Crippen LogP contribution in [0.5, 0.6) is 17.2 Å². The molecule has 0 aliphatic carbocycles. The number of fused-ring (bicyclic) bond motifs is 2. The highest BCUT2D eigenvalue weighted by Gasteiger charge is 2.34. The van der Waals surface area contributed by atoms with Gasteiger partial charge in [0.15, 0.2) is 11.5 Å². The number of carbonyl (C=O) groups is 1. The van der Waals surface area contributed by atoms with Crippen LogP contribution in [0.25, 0.3) is 0 Å². The van der Waals surface area contributed by atoms with Crippen LogP contribution in [0.1, 0.15) is 17.3 Å². The Morgan fingerprint density at radius 2 is 2.15 bits per heavy atom. The van der Waals surface area contributed by atoms with Crippen molar-refractivity contribution >= 4 is 27.6 Å². The number of anilines is 1. The number of rotatable bonds is 3. The van der Waals surface area contributed by atoms with Crippen molar-refractivity contribution in [2.45, 2.75) is 12.6 Å². The maximum Gasteiger partial charge on any atom is 0.320 e. The summed E-state index contributed by atoms with van der Waals surface area (Å²) in [5.41, 5.74) is 2.68. The third kappa shape index (κ3) is 3.30. The lowest BCUT2D eigenvalue weighted by Gasteiger charge is -2.36. The van der Waals surface area contributed by atoms with Gasteiger partial charge in [0.1, 0.15) is 6.17 Å². The second-order valence-corrected chi connectivity index (χ2v) is 7.28. The van der Waals surface area contributed by atoms with Crippen LogP contribution in [-0.4, -0.2) is 38.4 Å². The first-order valence-corrected chi connectivity index (χ1v) is 9.39. The predicted octanol–water partition coefficient (Wildman–Crippen LogP) is 3.49. The average molecular weight is 434 g/mol. The van der Waals surface area contributed by atoms with Crippen LogP contribution in [0.2, 0.25) is 0 Å². The molecule has 27 heavy (non-hydrogen) atoms. The number of benzene rings is 2. The topological polar surface area (TPSA) is 72.1 Å². The van der Waals surface area contributed by atoms with Gasteiger partial charge in [-0.05, 0) is 53.2 Å². The number of ether oxygens (including phenoxy) is 3. The lowest BCUT2D eigenvalue weighted by atomic mass is 9.95. The molecular formula is C19H20BrN3O4. The summed E-state index contributed by atoms with van der Waals surface area (Å²) < 4.78 is 17.6. The first-order valence-electron chi connectivity index (χ1n) is 8.60. The second kappa shape index (κ2) is 7.28. The van der Waals surface area contributed by atoms with Crippen molar-refractivity contribution in [1.29, 1.82) is 0 Å². The first-order chi connectivity index (χ1) is 13.1. The standard InChI is InChI=1S/C19H20BrN3O4/c1-23-8-7-11-9-14-16(27-10-26-14)17(25-2)15(11)18(23)22-19(24)21-13-6-4-3-5-12(13)20/h3-6,9,18H,7-8,10H2,1-2H3,(H2,21,22,24). The van der Waals surface area contributed by atoms with Gasteiger partial charge >= 0.3 is 6.03 Å². The Kier molecular flexibility index (Phi) is 4.84. The van der Waals surface area contributed by atoms with Crippen LogP contribution in [0.4, 0.5) is 10.5 Å². The lowest BCUT2D eigenvalue weighted by Crippen LogP contribution is -2.45. The molecule has 0 radical (unpaired) electrons. The highest BCUT2D eigenvalue weighted by Crippen LogP contribution is 2.48. The number of halogens is 1. The number of methoxy groups -OCH3 is 1. The summed E-state index contributed by atoms with van der Waals surface area (Å²) in [7, 11) is 3.57. The Balaban J connectivity index is 1.64. The van der Waals surface area contributed by atoms with E-state index in [9.17, 15) is 4.79 Å². The van der Waals surface area contributed by atoms with Gasteiger partial charge in [0.2, 0.25) is 12.5 Å². The molecule has 0 saturated carbocycles. The summed E-state index contributed by atoms with van der Waals surface area (Å²) in [6.45, 7) is 0.973. The van der Waals surface area contributed by atoms with Crippen molar-refractivity contribution < 1.29 is 19.0 Å². The van der Waals surface area contributed by atoms with Crippen molar-refractivity contribution in [2.75, 3.05) is 32.8 Å². The second-order valence-electron chi connectivity index (χ2n) is 6.43. The number of amides is 2. The fourth-order valence-electron chi connectivity index (χ4n) is 3.46. The Labute approximate surface area is 165 Å². The van der Waals surface area contributed by atoms with Gasteiger partial charge in [0, 0.05) is 16.6 Å². The summed E-state index contributed by atoms with van der Waals surface area (Å²) >= 11 is 3.44. The van der Waals surface area contributed by atoms with Gasteiger partial charge in [-0.15, -0.1) is 0 Å². The average Bonchev–Trinajstić information content (AvgIpc) is 3.12. The van der Waals surface area contributed by atoms with Crippen molar-refractivity contribution in [3.05, 3.63) is 45.9 Å². The number of para-hydroxylation sites is 1. The molecule has 0 saturated heterocycles. The normalized spacial score (nSPS) is 18.0. The molecule has 1 unspecified atom stereocenters. The summed E-state index contributed by atoms with van der Waals surface area (Å²) in [6.07, 6.45) is 0.490. The van der Waals surface area contributed by atoms with E-state index < -0.39 is 0 Å². The van der Waals surface area contributed by atoms with E-state index in [0.29, 0.717) is 22.9 Å². The maximum atomic E-state index is 12.7. The van der Waals surface area contributed by atoms with Gasteiger partial charge in [0.25, 0.3) is 0 Å². The number of likely N-dealkylation sites (N-methyl/N-ethyl adjacent to an activating group) is 1. The Morgan fingerprint density at radius 3 is 2.93 bits per heavy atom. The summed E-state index contributed by atoms with van der Waals surface area (Å²) in [5, 5.41) is 5.92. The van der Waals surface area contributed by atoms with Crippen LogP contribution >= 0.6 is 15.9 Å². The van der Waals surface area contributed by atoms with Crippen molar-refractivity contribution in [3.63, 3.8) is 0 Å². The van der Waals surface area contributed by atoms with E-state index in [0.717, 1.165) is 28.6 Å². The van der Waals surface area contributed by atoms with Gasteiger partial charge < -0.3 is 24.8 Å². The zero-order chi connectivity index (χ0) is 19.0. The van der Waals surface area contributed by atoms with Gasteiger partial charge in [-0.2, -0.15) is 0 Å². The third-order valence-electron chi connectivity index (χ3n) is 4.79. The molecule has 0 bridgehead atoms. The van der Waals surface area contributed by atoms with E-state index in [4.69, 9.17) is 14.2 Å².